The first-order valence-corrected chi connectivity index (χ1v) is 6.20. The molecule has 2 rings (SSSR count). The smallest absolute Gasteiger partial charge is 0.341 e. The molecule has 0 unspecified atom stereocenters. The third-order valence-electron chi connectivity index (χ3n) is 2.43. The largest absolute Gasteiger partial charge is 0.479 e. The highest BCUT2D eigenvalue weighted by atomic mass is 35.5. The summed E-state index contributed by atoms with van der Waals surface area (Å²) in [4.78, 5) is 10.5. The fourth-order valence-corrected chi connectivity index (χ4v) is 1.77. The molecule has 2 aromatic carbocycles. The SMILES string of the molecule is Nc1ccc(Oc2cc(F)ccc2OCC(=O)O)c(Cl)c1. The van der Waals surface area contributed by atoms with Gasteiger partial charge in [0.1, 0.15) is 11.6 Å². The molecule has 0 aliphatic rings. The molecule has 7 heteroatoms. The highest BCUT2D eigenvalue weighted by molar-refractivity contribution is 6.32. The first kappa shape index (κ1) is 14.9. The minimum absolute atomic E-state index is 0.0166. The number of hydrogen-bond acceptors (Lipinski definition) is 4. The number of ether oxygens (including phenoxy) is 2. The Balaban J connectivity index is 2.29. The van der Waals surface area contributed by atoms with Crippen LogP contribution in [-0.2, 0) is 4.79 Å². The number of carboxylic acid groups (broad SMARTS) is 1. The number of nitrogen functional groups attached to an aromatic ring is 1. The molecule has 0 fully saturated rings. The Hall–Kier alpha value is -2.47. The molecule has 3 N–H and O–H groups in total. The second-order valence-electron chi connectivity index (χ2n) is 4.07. The van der Waals surface area contributed by atoms with Gasteiger partial charge in [-0.1, -0.05) is 11.6 Å². The predicted molar refractivity (Wildman–Crippen MR) is 75.5 cm³/mol. The lowest BCUT2D eigenvalue weighted by Gasteiger charge is -2.12. The van der Waals surface area contributed by atoms with Gasteiger partial charge >= 0.3 is 5.97 Å². The van der Waals surface area contributed by atoms with Crippen molar-refractivity contribution in [3.05, 3.63) is 47.2 Å². The van der Waals surface area contributed by atoms with Crippen LogP contribution < -0.4 is 15.2 Å². The Labute approximate surface area is 124 Å². The molecular formula is C14H11ClFNO4. The molecule has 0 radical (unpaired) electrons. The number of halogens is 2. The van der Waals surface area contributed by atoms with Gasteiger partial charge in [0.25, 0.3) is 0 Å². The molecule has 0 atom stereocenters. The molecule has 0 aliphatic carbocycles. The highest BCUT2D eigenvalue weighted by Gasteiger charge is 2.12. The van der Waals surface area contributed by atoms with Crippen molar-refractivity contribution in [2.45, 2.75) is 0 Å². The monoisotopic (exact) mass is 311 g/mol. The summed E-state index contributed by atoms with van der Waals surface area (Å²) in [5.41, 5.74) is 6.02. The van der Waals surface area contributed by atoms with Crippen LogP contribution in [0.25, 0.3) is 0 Å². The van der Waals surface area contributed by atoms with Gasteiger partial charge in [-0.3, -0.25) is 0 Å². The van der Waals surface area contributed by atoms with Gasteiger partial charge in [-0.2, -0.15) is 0 Å². The fourth-order valence-electron chi connectivity index (χ4n) is 1.54. The van der Waals surface area contributed by atoms with Crippen molar-refractivity contribution in [1.82, 2.24) is 0 Å². The molecule has 5 nitrogen and oxygen atoms in total. The van der Waals surface area contributed by atoms with Crippen molar-refractivity contribution in [3.63, 3.8) is 0 Å². The molecule has 0 bridgehead atoms. The molecule has 0 amide bonds. The van der Waals surface area contributed by atoms with Crippen molar-refractivity contribution in [1.29, 1.82) is 0 Å². The van der Waals surface area contributed by atoms with E-state index in [0.29, 0.717) is 5.69 Å². The first-order chi connectivity index (χ1) is 9.95. The van der Waals surface area contributed by atoms with Crippen LogP contribution in [0.15, 0.2) is 36.4 Å². The van der Waals surface area contributed by atoms with Gasteiger partial charge in [0.2, 0.25) is 0 Å². The van der Waals surface area contributed by atoms with Crippen molar-refractivity contribution >= 4 is 23.3 Å². The minimum Gasteiger partial charge on any atom is -0.479 e. The second-order valence-corrected chi connectivity index (χ2v) is 4.47. The van der Waals surface area contributed by atoms with Crippen LogP contribution in [0.5, 0.6) is 17.2 Å². The van der Waals surface area contributed by atoms with Crippen molar-refractivity contribution in [3.8, 4) is 17.2 Å². The normalized spacial score (nSPS) is 10.2. The summed E-state index contributed by atoms with van der Waals surface area (Å²) in [6.45, 7) is -0.572. The fraction of sp³-hybridized carbons (Fsp3) is 0.0714. The lowest BCUT2D eigenvalue weighted by molar-refractivity contribution is -0.139. The maximum absolute atomic E-state index is 13.3. The van der Waals surface area contributed by atoms with E-state index in [1.54, 1.807) is 6.07 Å². The van der Waals surface area contributed by atoms with E-state index in [1.165, 1.54) is 18.2 Å². The van der Waals surface area contributed by atoms with E-state index < -0.39 is 18.4 Å². The van der Waals surface area contributed by atoms with Crippen molar-refractivity contribution in [2.24, 2.45) is 0 Å². The summed E-state index contributed by atoms with van der Waals surface area (Å²) >= 11 is 5.97. The van der Waals surface area contributed by atoms with Gasteiger partial charge < -0.3 is 20.3 Å². The van der Waals surface area contributed by atoms with Crippen LogP contribution in [-0.4, -0.2) is 17.7 Å². The van der Waals surface area contributed by atoms with Gasteiger partial charge in [0, 0.05) is 11.8 Å². The van der Waals surface area contributed by atoms with E-state index in [0.717, 1.165) is 12.1 Å². The molecule has 0 heterocycles. The Morgan fingerprint density at radius 3 is 2.57 bits per heavy atom. The molecule has 0 spiro atoms. The van der Waals surface area contributed by atoms with Gasteiger partial charge in [-0.25, -0.2) is 9.18 Å². The second kappa shape index (κ2) is 6.32. The number of anilines is 1. The number of carbonyl (C=O) groups is 1. The maximum atomic E-state index is 13.3. The van der Waals surface area contributed by atoms with Gasteiger partial charge in [-0.05, 0) is 30.3 Å². The zero-order chi connectivity index (χ0) is 15.4. The Morgan fingerprint density at radius 2 is 1.90 bits per heavy atom. The number of hydrogen-bond donors (Lipinski definition) is 2. The van der Waals surface area contributed by atoms with Crippen LogP contribution in [0.1, 0.15) is 0 Å². The van der Waals surface area contributed by atoms with E-state index in [9.17, 15) is 9.18 Å². The van der Waals surface area contributed by atoms with E-state index in [-0.39, 0.29) is 22.3 Å². The molecule has 21 heavy (non-hydrogen) atoms. The predicted octanol–water partition coefficient (Wildman–Crippen LogP) is 3.32. The Morgan fingerprint density at radius 1 is 1.19 bits per heavy atom. The lowest BCUT2D eigenvalue weighted by atomic mass is 10.3. The molecule has 0 aliphatic heterocycles. The van der Waals surface area contributed by atoms with Crippen LogP contribution in [0.3, 0.4) is 0 Å². The number of carboxylic acids is 1. The van der Waals surface area contributed by atoms with E-state index in [4.69, 9.17) is 31.9 Å². The number of nitrogens with two attached hydrogens (primary N) is 1. The first-order valence-electron chi connectivity index (χ1n) is 5.83. The average Bonchev–Trinajstić information content (AvgIpc) is 2.41. The van der Waals surface area contributed by atoms with Crippen LogP contribution in [0.4, 0.5) is 10.1 Å². The topological polar surface area (TPSA) is 81.8 Å². The highest BCUT2D eigenvalue weighted by Crippen LogP contribution is 2.36. The lowest BCUT2D eigenvalue weighted by Crippen LogP contribution is -2.10. The third-order valence-corrected chi connectivity index (χ3v) is 2.73. The molecule has 2 aromatic rings. The van der Waals surface area contributed by atoms with Crippen LogP contribution in [0, 0.1) is 5.82 Å². The van der Waals surface area contributed by atoms with E-state index in [1.807, 2.05) is 0 Å². The average molecular weight is 312 g/mol. The Bertz CT molecular complexity index is 678. The summed E-state index contributed by atoms with van der Waals surface area (Å²) in [5, 5.41) is 8.85. The van der Waals surface area contributed by atoms with Crippen molar-refractivity contribution < 1.29 is 23.8 Å². The standard InChI is InChI=1S/C14H11ClFNO4/c15-10-6-9(17)2-4-11(10)21-13-5-8(16)1-3-12(13)20-7-14(18)19/h1-6H,7,17H2,(H,18,19). The Kier molecular flexibility index (Phi) is 4.49. The summed E-state index contributed by atoms with van der Waals surface area (Å²) in [7, 11) is 0. The quantitative estimate of drug-likeness (QED) is 0.828. The summed E-state index contributed by atoms with van der Waals surface area (Å²) in [6.07, 6.45) is 0. The van der Waals surface area contributed by atoms with Gasteiger partial charge in [0.15, 0.2) is 18.1 Å². The molecule has 110 valence electrons. The van der Waals surface area contributed by atoms with E-state index >= 15 is 0 Å². The molecule has 0 saturated heterocycles. The zero-order valence-electron chi connectivity index (χ0n) is 10.7. The van der Waals surface area contributed by atoms with Crippen LogP contribution >= 0.6 is 11.6 Å². The molecule has 0 aromatic heterocycles. The summed E-state index contributed by atoms with van der Waals surface area (Å²) < 4.78 is 23.8. The number of benzene rings is 2. The molecule has 0 saturated carbocycles. The minimum atomic E-state index is -1.16. The summed E-state index contributed by atoms with van der Waals surface area (Å²) in [5.74, 6) is -1.36. The molecular weight excluding hydrogens is 301 g/mol. The number of rotatable bonds is 5. The maximum Gasteiger partial charge on any atom is 0.341 e. The number of aliphatic carboxylic acids is 1. The third kappa shape index (κ3) is 4.00. The van der Waals surface area contributed by atoms with Gasteiger partial charge in [0.05, 0.1) is 5.02 Å². The van der Waals surface area contributed by atoms with Crippen LogP contribution in [0.2, 0.25) is 5.02 Å². The van der Waals surface area contributed by atoms with E-state index in [2.05, 4.69) is 0 Å². The van der Waals surface area contributed by atoms with Gasteiger partial charge in [-0.15, -0.1) is 0 Å². The zero-order valence-corrected chi connectivity index (χ0v) is 11.4. The summed E-state index contributed by atoms with van der Waals surface area (Å²) in [6, 6.07) is 8.05. The van der Waals surface area contributed by atoms with Crippen molar-refractivity contribution in [2.75, 3.05) is 12.3 Å².